The number of hydrogen-bond donors (Lipinski definition) is 1. The Hall–Kier alpha value is -0.470. The van der Waals surface area contributed by atoms with Crippen molar-refractivity contribution in [3.63, 3.8) is 0 Å². The zero-order valence-electron chi connectivity index (χ0n) is 11.6. The van der Waals surface area contributed by atoms with Crippen LogP contribution in [0.4, 0.5) is 0 Å². The molecule has 2 heteroatoms. The SMILES string of the molecule is CCc1ccc(C(CSC2CCCC2)NC)cc1. The fraction of sp³-hybridized carbons (Fsp3) is 0.625. The first kappa shape index (κ1) is 14.0. The van der Waals surface area contributed by atoms with Crippen molar-refractivity contribution in [3.05, 3.63) is 35.4 Å². The molecular formula is C16H25NS. The Kier molecular flexibility index (Phi) is 5.58. The molecule has 0 heterocycles. The van der Waals surface area contributed by atoms with Gasteiger partial charge < -0.3 is 5.32 Å². The highest BCUT2D eigenvalue weighted by Gasteiger charge is 2.17. The summed E-state index contributed by atoms with van der Waals surface area (Å²) in [7, 11) is 2.08. The summed E-state index contributed by atoms with van der Waals surface area (Å²) < 4.78 is 0. The van der Waals surface area contributed by atoms with Gasteiger partial charge in [0.15, 0.2) is 0 Å². The van der Waals surface area contributed by atoms with E-state index in [-0.39, 0.29) is 0 Å². The van der Waals surface area contributed by atoms with Crippen molar-refractivity contribution < 1.29 is 0 Å². The normalized spacial score (nSPS) is 18.1. The molecule has 1 aliphatic carbocycles. The molecule has 18 heavy (non-hydrogen) atoms. The quantitative estimate of drug-likeness (QED) is 0.826. The third-order valence-corrected chi connectivity index (χ3v) is 5.41. The smallest absolute Gasteiger partial charge is 0.0409 e. The lowest BCUT2D eigenvalue weighted by Gasteiger charge is -2.19. The van der Waals surface area contributed by atoms with Crippen LogP contribution in [0, 0.1) is 0 Å². The van der Waals surface area contributed by atoms with Crippen molar-refractivity contribution in [3.8, 4) is 0 Å². The predicted octanol–water partition coefficient (Wildman–Crippen LogP) is 4.19. The molecule has 1 aromatic carbocycles. The lowest BCUT2D eigenvalue weighted by molar-refractivity contribution is 0.659. The van der Waals surface area contributed by atoms with Gasteiger partial charge in [-0.25, -0.2) is 0 Å². The molecule has 0 saturated heterocycles. The van der Waals surface area contributed by atoms with Crippen molar-refractivity contribution in [2.45, 2.75) is 50.3 Å². The van der Waals surface area contributed by atoms with E-state index < -0.39 is 0 Å². The molecular weight excluding hydrogens is 238 g/mol. The molecule has 1 aromatic rings. The molecule has 100 valence electrons. The number of aryl methyl sites for hydroxylation is 1. The fourth-order valence-corrected chi connectivity index (χ4v) is 4.11. The number of benzene rings is 1. The van der Waals surface area contributed by atoms with Crippen LogP contribution >= 0.6 is 11.8 Å². The van der Waals surface area contributed by atoms with Crippen LogP contribution in [0.1, 0.15) is 49.8 Å². The molecule has 0 bridgehead atoms. The van der Waals surface area contributed by atoms with Crippen LogP contribution in [-0.2, 0) is 6.42 Å². The third-order valence-electron chi connectivity index (χ3n) is 3.94. The van der Waals surface area contributed by atoms with Gasteiger partial charge in [0.25, 0.3) is 0 Å². The lowest BCUT2D eigenvalue weighted by atomic mass is 10.1. The summed E-state index contributed by atoms with van der Waals surface area (Å²) in [4.78, 5) is 0. The molecule has 1 saturated carbocycles. The third kappa shape index (κ3) is 3.76. The Labute approximate surface area is 116 Å². The zero-order valence-corrected chi connectivity index (χ0v) is 12.4. The van der Waals surface area contributed by atoms with Gasteiger partial charge in [0.1, 0.15) is 0 Å². The maximum atomic E-state index is 3.46. The van der Waals surface area contributed by atoms with Crippen LogP contribution in [0.25, 0.3) is 0 Å². The highest BCUT2D eigenvalue weighted by molar-refractivity contribution is 7.99. The first-order valence-corrected chi connectivity index (χ1v) is 8.26. The average Bonchev–Trinajstić information content (AvgIpc) is 2.93. The summed E-state index contributed by atoms with van der Waals surface area (Å²) in [5.41, 5.74) is 2.86. The van der Waals surface area contributed by atoms with Gasteiger partial charge in [0, 0.05) is 17.0 Å². The minimum Gasteiger partial charge on any atom is -0.312 e. The zero-order chi connectivity index (χ0) is 12.8. The van der Waals surface area contributed by atoms with Crippen molar-refractivity contribution in [2.24, 2.45) is 0 Å². The molecule has 1 N–H and O–H groups in total. The highest BCUT2D eigenvalue weighted by atomic mass is 32.2. The monoisotopic (exact) mass is 263 g/mol. The molecule has 0 radical (unpaired) electrons. The summed E-state index contributed by atoms with van der Waals surface area (Å²) in [6.07, 6.45) is 6.85. The molecule has 1 aliphatic rings. The standard InChI is InChI=1S/C16H25NS/c1-3-13-8-10-14(11-9-13)16(17-2)12-18-15-6-4-5-7-15/h8-11,15-17H,3-7,12H2,1-2H3. The second-order valence-electron chi connectivity index (χ2n) is 5.18. The molecule has 0 aliphatic heterocycles. The Balaban J connectivity index is 1.89. The van der Waals surface area contributed by atoms with Gasteiger partial charge in [0.05, 0.1) is 0 Å². The molecule has 1 nitrogen and oxygen atoms in total. The van der Waals surface area contributed by atoms with Crippen LogP contribution < -0.4 is 5.32 Å². The molecule has 1 atom stereocenters. The minimum atomic E-state index is 0.501. The highest BCUT2D eigenvalue weighted by Crippen LogP contribution is 2.32. The van der Waals surface area contributed by atoms with Crippen LogP contribution in [0.3, 0.4) is 0 Å². The van der Waals surface area contributed by atoms with E-state index >= 15 is 0 Å². The van der Waals surface area contributed by atoms with Gasteiger partial charge in [-0.05, 0) is 37.4 Å². The van der Waals surface area contributed by atoms with Crippen LogP contribution in [0.2, 0.25) is 0 Å². The molecule has 1 fully saturated rings. The van der Waals surface area contributed by atoms with Crippen LogP contribution in [0.15, 0.2) is 24.3 Å². The van der Waals surface area contributed by atoms with E-state index in [0.29, 0.717) is 6.04 Å². The van der Waals surface area contributed by atoms with E-state index in [2.05, 4.69) is 55.3 Å². The van der Waals surface area contributed by atoms with E-state index in [1.165, 1.54) is 42.6 Å². The summed E-state index contributed by atoms with van der Waals surface area (Å²) in [5, 5.41) is 4.37. The molecule has 1 unspecified atom stereocenters. The van der Waals surface area contributed by atoms with Crippen LogP contribution in [-0.4, -0.2) is 18.1 Å². The van der Waals surface area contributed by atoms with Gasteiger partial charge in [0.2, 0.25) is 0 Å². The molecule has 0 aromatic heterocycles. The summed E-state index contributed by atoms with van der Waals surface area (Å²) >= 11 is 2.16. The van der Waals surface area contributed by atoms with Crippen LogP contribution in [0.5, 0.6) is 0 Å². The number of nitrogens with one attached hydrogen (secondary N) is 1. The Morgan fingerprint density at radius 3 is 2.44 bits per heavy atom. The van der Waals surface area contributed by atoms with E-state index in [4.69, 9.17) is 0 Å². The van der Waals surface area contributed by atoms with E-state index in [1.807, 2.05) is 0 Å². The first-order valence-electron chi connectivity index (χ1n) is 7.21. The van der Waals surface area contributed by atoms with Gasteiger partial charge in [-0.2, -0.15) is 11.8 Å². The van der Waals surface area contributed by atoms with Crippen molar-refractivity contribution in [2.75, 3.05) is 12.8 Å². The van der Waals surface area contributed by atoms with Gasteiger partial charge in [-0.3, -0.25) is 0 Å². The second kappa shape index (κ2) is 7.20. The summed E-state index contributed by atoms with van der Waals surface area (Å²) in [5.74, 6) is 1.20. The van der Waals surface area contributed by atoms with Crippen molar-refractivity contribution >= 4 is 11.8 Å². The maximum absolute atomic E-state index is 3.46. The predicted molar refractivity (Wildman–Crippen MR) is 82.3 cm³/mol. The minimum absolute atomic E-state index is 0.501. The summed E-state index contributed by atoms with van der Waals surface area (Å²) in [6.45, 7) is 2.21. The van der Waals surface area contributed by atoms with Gasteiger partial charge in [-0.15, -0.1) is 0 Å². The lowest BCUT2D eigenvalue weighted by Crippen LogP contribution is -2.19. The maximum Gasteiger partial charge on any atom is 0.0409 e. The summed E-state index contributed by atoms with van der Waals surface area (Å²) in [6, 6.07) is 9.60. The van der Waals surface area contributed by atoms with Crippen molar-refractivity contribution in [1.29, 1.82) is 0 Å². The first-order chi connectivity index (χ1) is 8.83. The Morgan fingerprint density at radius 2 is 1.89 bits per heavy atom. The molecule has 0 amide bonds. The fourth-order valence-electron chi connectivity index (χ4n) is 2.62. The Bertz CT molecular complexity index is 341. The Morgan fingerprint density at radius 1 is 1.22 bits per heavy atom. The number of hydrogen-bond acceptors (Lipinski definition) is 2. The average molecular weight is 263 g/mol. The number of thioether (sulfide) groups is 1. The second-order valence-corrected chi connectivity index (χ2v) is 6.51. The van der Waals surface area contributed by atoms with E-state index in [0.717, 1.165) is 11.7 Å². The van der Waals surface area contributed by atoms with Gasteiger partial charge >= 0.3 is 0 Å². The van der Waals surface area contributed by atoms with Crippen molar-refractivity contribution in [1.82, 2.24) is 5.32 Å². The topological polar surface area (TPSA) is 12.0 Å². The molecule has 2 rings (SSSR count). The van der Waals surface area contributed by atoms with E-state index in [1.54, 1.807) is 0 Å². The molecule has 0 spiro atoms. The number of rotatable bonds is 6. The largest absolute Gasteiger partial charge is 0.312 e. The van der Waals surface area contributed by atoms with E-state index in [9.17, 15) is 0 Å². The van der Waals surface area contributed by atoms with Gasteiger partial charge in [-0.1, -0.05) is 44.0 Å².